The van der Waals surface area contributed by atoms with E-state index in [4.69, 9.17) is 5.26 Å². The standard InChI is InChI=1S/C10H11N3/c1-3-4-12-9-5-8(2)13-10(6-9)7-11/h3,5-6H,1,4H2,2H3,(H,12,13). The van der Waals surface area contributed by atoms with Crippen LogP contribution in [0.5, 0.6) is 0 Å². The summed E-state index contributed by atoms with van der Waals surface area (Å²) in [7, 11) is 0. The summed E-state index contributed by atoms with van der Waals surface area (Å²) in [6, 6.07) is 5.62. The molecular formula is C10H11N3. The molecule has 0 fully saturated rings. The van der Waals surface area contributed by atoms with Gasteiger partial charge in [-0.2, -0.15) is 5.26 Å². The fourth-order valence-electron chi connectivity index (χ4n) is 1.02. The molecule has 0 aliphatic carbocycles. The van der Waals surface area contributed by atoms with Gasteiger partial charge in [0.05, 0.1) is 0 Å². The van der Waals surface area contributed by atoms with Crippen molar-refractivity contribution in [3.05, 3.63) is 36.2 Å². The van der Waals surface area contributed by atoms with Crippen molar-refractivity contribution >= 4 is 5.69 Å². The van der Waals surface area contributed by atoms with E-state index in [1.54, 1.807) is 12.1 Å². The van der Waals surface area contributed by atoms with Crippen LogP contribution in [0.4, 0.5) is 5.69 Å². The first-order valence-electron chi connectivity index (χ1n) is 4.00. The quantitative estimate of drug-likeness (QED) is 0.710. The zero-order valence-electron chi connectivity index (χ0n) is 7.54. The van der Waals surface area contributed by atoms with Crippen LogP contribution >= 0.6 is 0 Å². The molecule has 0 aromatic carbocycles. The smallest absolute Gasteiger partial charge is 0.142 e. The molecule has 0 unspecified atom stereocenters. The van der Waals surface area contributed by atoms with Crippen molar-refractivity contribution < 1.29 is 0 Å². The van der Waals surface area contributed by atoms with Crippen LogP contribution in [-0.2, 0) is 0 Å². The summed E-state index contributed by atoms with van der Waals surface area (Å²) < 4.78 is 0. The summed E-state index contributed by atoms with van der Waals surface area (Å²) in [4.78, 5) is 4.03. The Balaban J connectivity index is 2.89. The molecule has 13 heavy (non-hydrogen) atoms. The van der Waals surface area contributed by atoms with Gasteiger partial charge in [0.25, 0.3) is 0 Å². The fraction of sp³-hybridized carbons (Fsp3) is 0.200. The number of nitrogens with zero attached hydrogens (tertiary/aromatic N) is 2. The first kappa shape index (κ1) is 9.27. The second-order valence-corrected chi connectivity index (χ2v) is 2.66. The molecule has 1 aromatic rings. The summed E-state index contributed by atoms with van der Waals surface area (Å²) in [5, 5.41) is 11.8. The number of pyridine rings is 1. The molecular weight excluding hydrogens is 162 g/mol. The van der Waals surface area contributed by atoms with E-state index >= 15 is 0 Å². The molecule has 0 aliphatic rings. The Morgan fingerprint density at radius 3 is 3.08 bits per heavy atom. The van der Waals surface area contributed by atoms with E-state index < -0.39 is 0 Å². The molecule has 0 aliphatic heterocycles. The van der Waals surface area contributed by atoms with Crippen LogP contribution in [-0.4, -0.2) is 11.5 Å². The molecule has 0 radical (unpaired) electrons. The van der Waals surface area contributed by atoms with Crippen LogP contribution < -0.4 is 5.32 Å². The van der Waals surface area contributed by atoms with Crippen molar-refractivity contribution in [1.29, 1.82) is 5.26 Å². The molecule has 1 aromatic heterocycles. The molecule has 3 heteroatoms. The van der Waals surface area contributed by atoms with Crippen molar-refractivity contribution in [3.63, 3.8) is 0 Å². The molecule has 1 heterocycles. The van der Waals surface area contributed by atoms with E-state index in [2.05, 4.69) is 16.9 Å². The van der Waals surface area contributed by atoms with Crippen molar-refractivity contribution in [1.82, 2.24) is 4.98 Å². The molecule has 0 atom stereocenters. The van der Waals surface area contributed by atoms with Crippen molar-refractivity contribution in [2.45, 2.75) is 6.92 Å². The molecule has 0 bridgehead atoms. The predicted molar refractivity (Wildman–Crippen MR) is 52.4 cm³/mol. The molecule has 0 saturated heterocycles. The molecule has 0 saturated carbocycles. The van der Waals surface area contributed by atoms with Crippen LogP contribution in [0.15, 0.2) is 24.8 Å². The summed E-state index contributed by atoms with van der Waals surface area (Å²) in [6.07, 6.45) is 1.77. The monoisotopic (exact) mass is 173 g/mol. The van der Waals surface area contributed by atoms with Crippen LogP contribution in [0.25, 0.3) is 0 Å². The van der Waals surface area contributed by atoms with E-state index in [1.807, 2.05) is 19.1 Å². The van der Waals surface area contributed by atoms with Crippen LogP contribution in [0.2, 0.25) is 0 Å². The number of aromatic nitrogens is 1. The van der Waals surface area contributed by atoms with E-state index in [0.29, 0.717) is 12.2 Å². The van der Waals surface area contributed by atoms with Gasteiger partial charge in [0, 0.05) is 17.9 Å². The number of nitrogens with one attached hydrogen (secondary N) is 1. The summed E-state index contributed by atoms with van der Waals surface area (Å²) in [5.74, 6) is 0. The van der Waals surface area contributed by atoms with Crippen LogP contribution in [0, 0.1) is 18.3 Å². The SMILES string of the molecule is C=CCNc1cc(C)nc(C#N)c1. The predicted octanol–water partition coefficient (Wildman–Crippen LogP) is 1.86. The minimum atomic E-state index is 0.437. The van der Waals surface area contributed by atoms with Crippen molar-refractivity contribution in [2.75, 3.05) is 11.9 Å². The Morgan fingerprint density at radius 2 is 2.46 bits per heavy atom. The highest BCUT2D eigenvalue weighted by molar-refractivity contribution is 5.48. The van der Waals surface area contributed by atoms with E-state index in [0.717, 1.165) is 11.4 Å². The van der Waals surface area contributed by atoms with Gasteiger partial charge in [0.15, 0.2) is 0 Å². The molecule has 0 spiro atoms. The van der Waals surface area contributed by atoms with E-state index in [-0.39, 0.29) is 0 Å². The highest BCUT2D eigenvalue weighted by atomic mass is 14.9. The average Bonchev–Trinajstić information content (AvgIpc) is 2.14. The lowest BCUT2D eigenvalue weighted by Gasteiger charge is -2.03. The van der Waals surface area contributed by atoms with Gasteiger partial charge in [0.2, 0.25) is 0 Å². The first-order valence-corrected chi connectivity index (χ1v) is 4.00. The second kappa shape index (κ2) is 4.27. The van der Waals surface area contributed by atoms with E-state index in [1.165, 1.54) is 0 Å². The largest absolute Gasteiger partial charge is 0.381 e. The molecule has 1 N–H and O–H groups in total. The third kappa shape index (κ3) is 2.60. The zero-order chi connectivity index (χ0) is 9.68. The van der Waals surface area contributed by atoms with Gasteiger partial charge in [-0.25, -0.2) is 4.98 Å². The molecule has 66 valence electrons. The molecule has 0 amide bonds. The Hall–Kier alpha value is -1.82. The number of hydrogen-bond acceptors (Lipinski definition) is 3. The summed E-state index contributed by atoms with van der Waals surface area (Å²) in [5.41, 5.74) is 2.18. The van der Waals surface area contributed by atoms with Gasteiger partial charge in [0.1, 0.15) is 11.8 Å². The Labute approximate surface area is 77.7 Å². The highest BCUT2D eigenvalue weighted by Gasteiger charge is 1.97. The lowest BCUT2D eigenvalue weighted by Crippen LogP contribution is -1.99. The number of rotatable bonds is 3. The Morgan fingerprint density at radius 1 is 1.69 bits per heavy atom. The maximum absolute atomic E-state index is 8.65. The minimum Gasteiger partial charge on any atom is -0.381 e. The Bertz CT molecular complexity index is 350. The van der Waals surface area contributed by atoms with Gasteiger partial charge in [-0.3, -0.25) is 0 Å². The lowest BCUT2D eigenvalue weighted by atomic mass is 10.3. The zero-order valence-corrected chi connectivity index (χ0v) is 7.54. The number of hydrogen-bond donors (Lipinski definition) is 1. The number of anilines is 1. The highest BCUT2D eigenvalue weighted by Crippen LogP contribution is 2.09. The normalized spacial score (nSPS) is 8.92. The van der Waals surface area contributed by atoms with Crippen LogP contribution in [0.3, 0.4) is 0 Å². The average molecular weight is 173 g/mol. The topological polar surface area (TPSA) is 48.7 Å². The summed E-state index contributed by atoms with van der Waals surface area (Å²) in [6.45, 7) is 6.15. The maximum Gasteiger partial charge on any atom is 0.142 e. The lowest BCUT2D eigenvalue weighted by molar-refractivity contribution is 1.16. The third-order valence-corrected chi connectivity index (χ3v) is 1.52. The fourth-order valence-corrected chi connectivity index (χ4v) is 1.02. The first-order chi connectivity index (χ1) is 6.26. The van der Waals surface area contributed by atoms with Gasteiger partial charge in [-0.05, 0) is 19.1 Å². The third-order valence-electron chi connectivity index (χ3n) is 1.52. The van der Waals surface area contributed by atoms with Gasteiger partial charge in [-0.1, -0.05) is 6.08 Å². The second-order valence-electron chi connectivity index (χ2n) is 2.66. The summed E-state index contributed by atoms with van der Waals surface area (Å²) >= 11 is 0. The van der Waals surface area contributed by atoms with Gasteiger partial charge in [-0.15, -0.1) is 6.58 Å². The van der Waals surface area contributed by atoms with Crippen molar-refractivity contribution in [3.8, 4) is 6.07 Å². The number of aryl methyl sites for hydroxylation is 1. The van der Waals surface area contributed by atoms with Gasteiger partial charge < -0.3 is 5.32 Å². The van der Waals surface area contributed by atoms with Crippen LogP contribution in [0.1, 0.15) is 11.4 Å². The minimum absolute atomic E-state index is 0.437. The number of nitriles is 1. The van der Waals surface area contributed by atoms with Crippen molar-refractivity contribution in [2.24, 2.45) is 0 Å². The molecule has 3 nitrogen and oxygen atoms in total. The van der Waals surface area contributed by atoms with E-state index in [9.17, 15) is 0 Å². The molecule has 1 rings (SSSR count). The van der Waals surface area contributed by atoms with Gasteiger partial charge >= 0.3 is 0 Å². The maximum atomic E-state index is 8.65. The Kier molecular flexibility index (Phi) is 3.04.